The van der Waals surface area contributed by atoms with Gasteiger partial charge >= 0.3 is 5.97 Å². The number of nitrogens with one attached hydrogen (secondary N) is 1. The van der Waals surface area contributed by atoms with Gasteiger partial charge in [-0.3, -0.25) is 9.69 Å². The smallest absolute Gasteiger partial charge is 0.326 e. The Bertz CT molecular complexity index is 353. The molecule has 20 heavy (non-hydrogen) atoms. The lowest BCUT2D eigenvalue weighted by Crippen LogP contribution is -2.62. The number of methoxy groups -OCH3 is 1. The molecule has 2 saturated heterocycles. The molecule has 2 heterocycles. The van der Waals surface area contributed by atoms with E-state index in [1.165, 1.54) is 20.0 Å². The van der Waals surface area contributed by atoms with Crippen molar-refractivity contribution in [3.05, 3.63) is 0 Å². The maximum absolute atomic E-state index is 12.4. The molecule has 0 amide bonds. The van der Waals surface area contributed by atoms with E-state index in [2.05, 4.69) is 10.2 Å². The van der Waals surface area contributed by atoms with Crippen LogP contribution < -0.4 is 5.32 Å². The molecule has 0 radical (unpaired) electrons. The number of carbonyl (C=O) groups is 1. The number of hydrogen-bond acceptors (Lipinski definition) is 5. The van der Waals surface area contributed by atoms with Gasteiger partial charge < -0.3 is 14.8 Å². The second kappa shape index (κ2) is 6.00. The molecule has 1 N–H and O–H groups in total. The Morgan fingerprint density at radius 2 is 2.10 bits per heavy atom. The minimum atomic E-state index is -0.447. The first-order valence-electron chi connectivity index (χ1n) is 7.89. The molecule has 0 aromatic carbocycles. The largest absolute Gasteiger partial charge is 0.468 e. The van der Waals surface area contributed by atoms with Crippen LogP contribution in [0.3, 0.4) is 0 Å². The molecule has 2 atom stereocenters. The molecule has 0 bridgehead atoms. The van der Waals surface area contributed by atoms with E-state index >= 15 is 0 Å². The minimum Gasteiger partial charge on any atom is -0.468 e. The van der Waals surface area contributed by atoms with Crippen LogP contribution >= 0.6 is 0 Å². The van der Waals surface area contributed by atoms with Crippen LogP contribution in [-0.2, 0) is 14.3 Å². The third-order valence-corrected chi connectivity index (χ3v) is 5.00. The van der Waals surface area contributed by atoms with Gasteiger partial charge in [0.25, 0.3) is 0 Å². The lowest BCUT2D eigenvalue weighted by Gasteiger charge is -2.44. The van der Waals surface area contributed by atoms with Gasteiger partial charge in [0.2, 0.25) is 0 Å². The molecule has 1 saturated carbocycles. The summed E-state index contributed by atoms with van der Waals surface area (Å²) in [6, 6.07) is 0.484. The fourth-order valence-electron chi connectivity index (χ4n) is 3.71. The van der Waals surface area contributed by atoms with Gasteiger partial charge in [0, 0.05) is 19.1 Å². The van der Waals surface area contributed by atoms with E-state index in [9.17, 15) is 4.79 Å². The number of ether oxygens (including phenoxy) is 2. The number of nitrogens with zero attached hydrogens (tertiary/aromatic N) is 1. The zero-order valence-corrected chi connectivity index (χ0v) is 12.4. The number of morpholine rings is 1. The van der Waals surface area contributed by atoms with Gasteiger partial charge in [-0.25, -0.2) is 0 Å². The van der Waals surface area contributed by atoms with Gasteiger partial charge in [0.15, 0.2) is 0 Å². The summed E-state index contributed by atoms with van der Waals surface area (Å²) < 4.78 is 10.5. The van der Waals surface area contributed by atoms with Crippen LogP contribution in [0.1, 0.15) is 32.1 Å². The first-order valence-corrected chi connectivity index (χ1v) is 7.89. The lowest BCUT2D eigenvalue weighted by molar-refractivity contribution is -0.151. The topological polar surface area (TPSA) is 50.8 Å². The van der Waals surface area contributed by atoms with E-state index in [4.69, 9.17) is 9.47 Å². The first-order chi connectivity index (χ1) is 9.73. The lowest BCUT2D eigenvalue weighted by atomic mass is 9.81. The van der Waals surface area contributed by atoms with Crippen molar-refractivity contribution in [3.8, 4) is 0 Å². The number of esters is 1. The fraction of sp³-hybridized carbons (Fsp3) is 0.933. The van der Waals surface area contributed by atoms with E-state index < -0.39 is 5.54 Å². The highest BCUT2D eigenvalue weighted by Gasteiger charge is 2.48. The van der Waals surface area contributed by atoms with E-state index in [1.54, 1.807) is 0 Å². The highest BCUT2D eigenvalue weighted by molar-refractivity contribution is 5.81. The monoisotopic (exact) mass is 282 g/mol. The summed E-state index contributed by atoms with van der Waals surface area (Å²) in [4.78, 5) is 14.8. The number of piperidine rings is 1. The third kappa shape index (κ3) is 3.00. The van der Waals surface area contributed by atoms with Gasteiger partial charge in [-0.2, -0.15) is 0 Å². The molecule has 3 fully saturated rings. The maximum atomic E-state index is 12.4. The van der Waals surface area contributed by atoms with E-state index in [0.29, 0.717) is 12.0 Å². The average molecular weight is 282 g/mol. The van der Waals surface area contributed by atoms with Crippen molar-refractivity contribution < 1.29 is 14.3 Å². The zero-order chi connectivity index (χ0) is 14.0. The predicted molar refractivity (Wildman–Crippen MR) is 75.5 cm³/mol. The molecule has 2 unspecified atom stereocenters. The molecular weight excluding hydrogens is 256 g/mol. The van der Waals surface area contributed by atoms with Crippen LogP contribution in [0.2, 0.25) is 0 Å². The van der Waals surface area contributed by atoms with Crippen LogP contribution in [0.5, 0.6) is 0 Å². The summed E-state index contributed by atoms with van der Waals surface area (Å²) >= 11 is 0. The van der Waals surface area contributed by atoms with Gasteiger partial charge in [-0.15, -0.1) is 0 Å². The van der Waals surface area contributed by atoms with Crippen molar-refractivity contribution in [2.75, 3.05) is 40.0 Å². The summed E-state index contributed by atoms with van der Waals surface area (Å²) in [5.41, 5.74) is -0.447. The van der Waals surface area contributed by atoms with Crippen molar-refractivity contribution in [2.24, 2.45) is 5.92 Å². The Labute approximate surface area is 121 Å². The molecule has 3 rings (SSSR count). The van der Waals surface area contributed by atoms with E-state index in [1.807, 2.05) is 0 Å². The molecule has 3 aliphatic rings. The second-order valence-electron chi connectivity index (χ2n) is 6.44. The Hall–Kier alpha value is -0.650. The summed E-state index contributed by atoms with van der Waals surface area (Å²) in [5.74, 6) is 0.646. The summed E-state index contributed by atoms with van der Waals surface area (Å²) in [6.07, 6.45) is 5.48. The quantitative estimate of drug-likeness (QED) is 0.772. The Balaban J connectivity index is 1.70. The second-order valence-corrected chi connectivity index (χ2v) is 6.44. The van der Waals surface area contributed by atoms with Crippen molar-refractivity contribution in [1.82, 2.24) is 10.2 Å². The van der Waals surface area contributed by atoms with E-state index in [-0.39, 0.29) is 5.97 Å². The molecule has 0 spiro atoms. The number of hydrogen-bond donors (Lipinski definition) is 1. The van der Waals surface area contributed by atoms with Crippen LogP contribution in [0.25, 0.3) is 0 Å². The Morgan fingerprint density at radius 3 is 2.75 bits per heavy atom. The average Bonchev–Trinajstić information content (AvgIpc) is 3.31. The molecule has 5 heteroatoms. The Kier molecular flexibility index (Phi) is 4.29. The normalized spacial score (nSPS) is 35.8. The molecule has 2 aliphatic heterocycles. The molecule has 5 nitrogen and oxygen atoms in total. The molecule has 1 aliphatic carbocycles. The van der Waals surface area contributed by atoms with Crippen LogP contribution in [-0.4, -0.2) is 62.4 Å². The van der Waals surface area contributed by atoms with Gasteiger partial charge in [0.05, 0.1) is 20.3 Å². The Morgan fingerprint density at radius 1 is 1.35 bits per heavy atom. The first kappa shape index (κ1) is 14.3. The van der Waals surface area contributed by atoms with Crippen LogP contribution in [0.15, 0.2) is 0 Å². The van der Waals surface area contributed by atoms with Gasteiger partial charge in [-0.1, -0.05) is 12.8 Å². The molecule has 0 aromatic heterocycles. The molecule has 114 valence electrons. The summed E-state index contributed by atoms with van der Waals surface area (Å²) in [7, 11) is 1.51. The highest BCUT2D eigenvalue weighted by Crippen LogP contribution is 2.40. The van der Waals surface area contributed by atoms with Gasteiger partial charge in [-0.05, 0) is 31.7 Å². The third-order valence-electron chi connectivity index (χ3n) is 5.00. The number of carbonyl (C=O) groups excluding carboxylic acids is 1. The van der Waals surface area contributed by atoms with Crippen LogP contribution in [0.4, 0.5) is 0 Å². The van der Waals surface area contributed by atoms with Crippen molar-refractivity contribution in [1.29, 1.82) is 0 Å². The molecule has 0 aromatic rings. The van der Waals surface area contributed by atoms with Crippen LogP contribution in [0, 0.1) is 5.92 Å². The standard InChI is InChI=1S/C15H26N2O3/c1-19-14(18)15(10-12-2-3-12)11-13(4-5-16-15)17-6-8-20-9-7-17/h12-13,16H,2-11H2,1H3. The van der Waals surface area contributed by atoms with Crippen molar-refractivity contribution in [3.63, 3.8) is 0 Å². The predicted octanol–water partition coefficient (Wildman–Crippen LogP) is 0.783. The zero-order valence-electron chi connectivity index (χ0n) is 12.4. The maximum Gasteiger partial charge on any atom is 0.326 e. The molecular formula is C15H26N2O3. The highest BCUT2D eigenvalue weighted by atomic mass is 16.5. The van der Waals surface area contributed by atoms with Crippen molar-refractivity contribution >= 4 is 5.97 Å². The summed E-state index contributed by atoms with van der Waals surface area (Å²) in [5, 5.41) is 3.49. The minimum absolute atomic E-state index is 0.0673. The summed E-state index contributed by atoms with van der Waals surface area (Å²) in [6.45, 7) is 4.52. The van der Waals surface area contributed by atoms with Gasteiger partial charge in [0.1, 0.15) is 5.54 Å². The van der Waals surface area contributed by atoms with E-state index in [0.717, 1.165) is 52.1 Å². The SMILES string of the molecule is COC(=O)C1(CC2CC2)CC(N2CCOCC2)CCN1. The number of rotatable bonds is 4. The van der Waals surface area contributed by atoms with Crippen molar-refractivity contribution in [2.45, 2.75) is 43.7 Å². The fourth-order valence-corrected chi connectivity index (χ4v) is 3.71.